The smallest absolute Gasteiger partial charge is 0.339 e. The number of rotatable bonds is 4. The third-order valence-corrected chi connectivity index (χ3v) is 2.84. The molecule has 3 nitrogen and oxygen atoms in total. The second kappa shape index (κ2) is 6.05. The van der Waals surface area contributed by atoms with Crippen molar-refractivity contribution in [3.05, 3.63) is 39.4 Å². The number of hydrogen-bond donors (Lipinski definition) is 1. The largest absolute Gasteiger partial charge is 0.478 e. The lowest BCUT2D eigenvalue weighted by atomic mass is 10.1. The monoisotopic (exact) mass is 292 g/mol. The molecule has 0 aliphatic rings. The number of carboxylic acids is 1. The van der Waals surface area contributed by atoms with E-state index in [0.717, 1.165) is 6.08 Å². The zero-order valence-electron chi connectivity index (χ0n) is 8.41. The van der Waals surface area contributed by atoms with E-state index >= 15 is 0 Å². The summed E-state index contributed by atoms with van der Waals surface area (Å²) in [6, 6.07) is 4.71. The Hall–Kier alpha value is -1.03. The van der Waals surface area contributed by atoms with E-state index in [1.807, 2.05) is 0 Å². The van der Waals surface area contributed by atoms with Crippen molar-refractivity contribution in [3.63, 3.8) is 0 Å². The van der Waals surface area contributed by atoms with Gasteiger partial charge in [-0.25, -0.2) is 4.79 Å². The van der Waals surface area contributed by atoms with Crippen LogP contribution in [0.4, 0.5) is 0 Å². The molecule has 0 aromatic heterocycles. The van der Waals surface area contributed by atoms with Crippen molar-refractivity contribution >= 4 is 52.6 Å². The summed E-state index contributed by atoms with van der Waals surface area (Å²) in [7, 11) is 0. The second-order valence-corrected chi connectivity index (χ2v) is 4.14. The van der Waals surface area contributed by atoms with E-state index in [4.69, 9.17) is 39.9 Å². The summed E-state index contributed by atoms with van der Waals surface area (Å²) in [5.41, 5.74) is -0.165. The Morgan fingerprint density at radius 2 is 1.76 bits per heavy atom. The van der Waals surface area contributed by atoms with Crippen molar-refractivity contribution in [1.82, 2.24) is 0 Å². The van der Waals surface area contributed by atoms with Crippen LogP contribution in [0.2, 0.25) is 10.0 Å². The third-order valence-electron chi connectivity index (χ3n) is 1.94. The molecular formula is C11H7Cl3O3. The average Bonchev–Trinajstić information content (AvgIpc) is 2.27. The predicted molar refractivity (Wildman–Crippen MR) is 67.8 cm³/mol. The van der Waals surface area contributed by atoms with Gasteiger partial charge < -0.3 is 5.11 Å². The fourth-order valence-corrected chi connectivity index (χ4v) is 1.78. The highest BCUT2D eigenvalue weighted by atomic mass is 35.5. The van der Waals surface area contributed by atoms with Gasteiger partial charge in [-0.05, 0) is 18.2 Å². The number of carbonyl (C=O) groups excluding carboxylic acids is 1. The molecule has 90 valence electrons. The Kier molecular flexibility index (Phi) is 5.00. The molecule has 1 aromatic carbocycles. The summed E-state index contributed by atoms with van der Waals surface area (Å²) in [5.74, 6) is -2.48. The maximum Gasteiger partial charge on any atom is 0.339 e. The lowest BCUT2D eigenvalue weighted by Crippen LogP contribution is -2.13. The molecule has 0 radical (unpaired) electrons. The number of halogens is 3. The molecular weight excluding hydrogens is 286 g/mol. The first kappa shape index (κ1) is 14.0. The van der Waals surface area contributed by atoms with Crippen molar-refractivity contribution < 1.29 is 14.7 Å². The average molecular weight is 294 g/mol. The molecule has 17 heavy (non-hydrogen) atoms. The Morgan fingerprint density at radius 3 is 2.18 bits per heavy atom. The molecule has 0 aliphatic carbocycles. The molecule has 1 aromatic rings. The minimum absolute atomic E-state index is 0.263. The molecule has 0 bridgehead atoms. The van der Waals surface area contributed by atoms with Crippen LogP contribution < -0.4 is 0 Å². The molecule has 1 N–H and O–H groups in total. The summed E-state index contributed by atoms with van der Waals surface area (Å²) >= 11 is 17.0. The first-order chi connectivity index (χ1) is 7.97. The lowest BCUT2D eigenvalue weighted by Gasteiger charge is -2.03. The Morgan fingerprint density at radius 1 is 1.24 bits per heavy atom. The van der Waals surface area contributed by atoms with Crippen LogP contribution in [0.1, 0.15) is 5.56 Å². The first-order valence-electron chi connectivity index (χ1n) is 4.45. The standard InChI is InChI=1S/C11H7Cl3O3/c12-5-10(15)7(11(16)17)4-6-8(13)2-1-3-9(6)14/h1-4H,5H2,(H,16,17). The molecule has 0 fully saturated rings. The molecule has 1 rings (SSSR count). The minimum atomic E-state index is -1.37. The highest BCUT2D eigenvalue weighted by molar-refractivity contribution is 6.39. The number of carboxylic acid groups (broad SMARTS) is 1. The van der Waals surface area contributed by atoms with E-state index in [9.17, 15) is 9.59 Å². The molecule has 0 amide bonds. The third kappa shape index (κ3) is 3.46. The van der Waals surface area contributed by atoms with Crippen molar-refractivity contribution in [1.29, 1.82) is 0 Å². The molecule has 0 saturated carbocycles. The summed E-state index contributed by atoms with van der Waals surface area (Å²) in [6.45, 7) is 0. The van der Waals surface area contributed by atoms with Crippen LogP contribution in [-0.4, -0.2) is 22.7 Å². The van der Waals surface area contributed by atoms with Crippen LogP contribution in [0, 0.1) is 0 Å². The van der Waals surface area contributed by atoms with E-state index in [2.05, 4.69) is 0 Å². The fraction of sp³-hybridized carbons (Fsp3) is 0.0909. The number of hydrogen-bond acceptors (Lipinski definition) is 2. The molecule has 0 unspecified atom stereocenters. The first-order valence-corrected chi connectivity index (χ1v) is 5.74. The van der Waals surface area contributed by atoms with Crippen LogP contribution in [0.15, 0.2) is 23.8 Å². The van der Waals surface area contributed by atoms with E-state index in [0.29, 0.717) is 0 Å². The highest BCUT2D eigenvalue weighted by Crippen LogP contribution is 2.26. The van der Waals surface area contributed by atoms with Gasteiger partial charge in [0.25, 0.3) is 0 Å². The van der Waals surface area contributed by atoms with E-state index in [-0.39, 0.29) is 15.6 Å². The zero-order valence-corrected chi connectivity index (χ0v) is 10.7. The van der Waals surface area contributed by atoms with Crippen LogP contribution in [0.5, 0.6) is 0 Å². The molecule has 0 saturated heterocycles. The van der Waals surface area contributed by atoms with Crippen LogP contribution in [-0.2, 0) is 9.59 Å². The SMILES string of the molecule is O=C(O)C(=Cc1c(Cl)cccc1Cl)C(=O)CCl. The van der Waals surface area contributed by atoms with E-state index in [1.165, 1.54) is 0 Å². The summed E-state index contributed by atoms with van der Waals surface area (Å²) < 4.78 is 0. The molecule has 0 heterocycles. The van der Waals surface area contributed by atoms with Crippen molar-refractivity contribution in [2.45, 2.75) is 0 Å². The van der Waals surface area contributed by atoms with E-state index < -0.39 is 23.2 Å². The van der Waals surface area contributed by atoms with Gasteiger partial charge in [0.05, 0.1) is 5.88 Å². The van der Waals surface area contributed by atoms with Crippen molar-refractivity contribution in [3.8, 4) is 0 Å². The Bertz CT molecular complexity index is 474. The van der Waals surface area contributed by atoms with Crippen LogP contribution in [0.25, 0.3) is 6.08 Å². The fourth-order valence-electron chi connectivity index (χ4n) is 1.13. The van der Waals surface area contributed by atoms with Gasteiger partial charge in [0.1, 0.15) is 5.57 Å². The normalized spacial score (nSPS) is 11.4. The topological polar surface area (TPSA) is 54.4 Å². The summed E-state index contributed by atoms with van der Waals surface area (Å²) in [5, 5.41) is 9.41. The van der Waals surface area contributed by atoms with Gasteiger partial charge in [-0.15, -0.1) is 11.6 Å². The summed E-state index contributed by atoms with van der Waals surface area (Å²) in [4.78, 5) is 22.2. The van der Waals surface area contributed by atoms with Gasteiger partial charge >= 0.3 is 5.97 Å². The van der Waals surface area contributed by atoms with Gasteiger partial charge in [-0.1, -0.05) is 29.3 Å². The van der Waals surface area contributed by atoms with Crippen LogP contribution >= 0.6 is 34.8 Å². The Labute approximate surface area is 113 Å². The second-order valence-electron chi connectivity index (χ2n) is 3.06. The van der Waals surface area contributed by atoms with E-state index in [1.54, 1.807) is 18.2 Å². The minimum Gasteiger partial charge on any atom is -0.478 e. The quantitative estimate of drug-likeness (QED) is 0.401. The zero-order chi connectivity index (χ0) is 13.0. The van der Waals surface area contributed by atoms with Gasteiger partial charge in [-0.2, -0.15) is 0 Å². The molecule has 0 aliphatic heterocycles. The van der Waals surface area contributed by atoms with Crippen molar-refractivity contribution in [2.75, 3.05) is 5.88 Å². The van der Waals surface area contributed by atoms with Gasteiger partial charge in [0.15, 0.2) is 5.78 Å². The number of alkyl halides is 1. The number of Topliss-reactive ketones (excluding diaryl/α,β-unsaturated/α-hetero) is 1. The molecule has 6 heteroatoms. The molecule has 0 atom stereocenters. The van der Waals surface area contributed by atoms with Crippen molar-refractivity contribution in [2.24, 2.45) is 0 Å². The van der Waals surface area contributed by atoms with Gasteiger partial charge in [0.2, 0.25) is 0 Å². The van der Waals surface area contributed by atoms with Gasteiger partial charge in [0, 0.05) is 15.6 Å². The number of carbonyl (C=O) groups is 2. The lowest BCUT2D eigenvalue weighted by molar-refractivity contribution is -0.134. The highest BCUT2D eigenvalue weighted by Gasteiger charge is 2.17. The Balaban J connectivity index is 3.32. The van der Waals surface area contributed by atoms with Crippen LogP contribution in [0.3, 0.4) is 0 Å². The van der Waals surface area contributed by atoms with Gasteiger partial charge in [-0.3, -0.25) is 4.79 Å². The number of aliphatic carboxylic acids is 1. The number of ketones is 1. The maximum absolute atomic E-state index is 11.3. The predicted octanol–water partition coefficient (Wildman–Crippen LogP) is 3.27. The maximum atomic E-state index is 11.3. The number of benzene rings is 1. The molecule has 0 spiro atoms. The summed E-state index contributed by atoms with van der Waals surface area (Å²) in [6.07, 6.45) is 1.12.